The van der Waals surface area contributed by atoms with Gasteiger partial charge in [-0.1, -0.05) is 11.6 Å². The second kappa shape index (κ2) is 9.53. The van der Waals surface area contributed by atoms with Gasteiger partial charge in [-0.05, 0) is 43.2 Å². The fourth-order valence-corrected chi connectivity index (χ4v) is 4.73. The van der Waals surface area contributed by atoms with Gasteiger partial charge in [-0.3, -0.25) is 14.6 Å². The summed E-state index contributed by atoms with van der Waals surface area (Å²) in [5.41, 5.74) is 1.72. The molecule has 1 aliphatic rings. The van der Waals surface area contributed by atoms with Crippen LogP contribution in [-0.2, 0) is 11.2 Å². The van der Waals surface area contributed by atoms with Crippen molar-refractivity contribution in [3.8, 4) is 17.0 Å². The van der Waals surface area contributed by atoms with Crippen LogP contribution in [0, 0.1) is 5.21 Å². The molecule has 0 radical (unpaired) electrons. The van der Waals surface area contributed by atoms with Crippen molar-refractivity contribution in [1.29, 1.82) is 0 Å². The second-order valence-corrected chi connectivity index (χ2v) is 9.12. The molecule has 2 unspecified atom stereocenters. The summed E-state index contributed by atoms with van der Waals surface area (Å²) in [6.07, 6.45) is -2.20. The first-order valence-corrected chi connectivity index (χ1v) is 11.5. The molecule has 0 bridgehead atoms. The maximum atomic E-state index is 12.7. The number of carbonyl (C=O) groups excluding carboxylic acids is 2. The number of nitrogens with one attached hydrogen (secondary N) is 1. The molecule has 1 aliphatic heterocycles. The molecule has 2 atom stereocenters. The molecule has 35 heavy (non-hydrogen) atoms. The highest BCUT2D eigenvalue weighted by Gasteiger charge is 2.33. The SMILES string of the molecule is CC1C(=O)c2c(CC(=O)Nc3nc(-c4cc(Cl)cc(OC(F)(F)F)c4)cs3)cncc2C(C)N1[O-]. The number of anilines is 1. The number of ether oxygens (including phenoxy) is 1. The summed E-state index contributed by atoms with van der Waals surface area (Å²) in [6, 6.07) is 2.11. The summed E-state index contributed by atoms with van der Waals surface area (Å²) in [7, 11) is 0. The molecule has 0 saturated carbocycles. The number of halogens is 4. The van der Waals surface area contributed by atoms with Gasteiger partial charge in [0.1, 0.15) is 5.75 Å². The number of hydrogen-bond acceptors (Lipinski definition) is 8. The number of nitrogens with zero attached hydrogens (tertiary/aromatic N) is 3. The third-order valence-electron chi connectivity index (χ3n) is 5.40. The van der Waals surface area contributed by atoms with Crippen molar-refractivity contribution < 1.29 is 27.5 Å². The number of benzene rings is 1. The van der Waals surface area contributed by atoms with Gasteiger partial charge in [-0.15, -0.1) is 24.5 Å². The molecule has 184 valence electrons. The van der Waals surface area contributed by atoms with Gasteiger partial charge in [0.25, 0.3) is 0 Å². The fourth-order valence-electron chi connectivity index (χ4n) is 3.77. The van der Waals surface area contributed by atoms with Crippen LogP contribution in [0.15, 0.2) is 36.0 Å². The minimum absolute atomic E-state index is 0.0199. The molecule has 8 nitrogen and oxygen atoms in total. The van der Waals surface area contributed by atoms with Crippen molar-refractivity contribution in [2.24, 2.45) is 0 Å². The number of aromatic nitrogens is 2. The van der Waals surface area contributed by atoms with Crippen LogP contribution in [0.2, 0.25) is 5.02 Å². The average molecular weight is 526 g/mol. The number of pyridine rings is 1. The molecule has 13 heteroatoms. The van der Waals surface area contributed by atoms with Gasteiger partial charge in [0.15, 0.2) is 10.9 Å². The highest BCUT2D eigenvalue weighted by molar-refractivity contribution is 7.14. The molecule has 0 fully saturated rings. The predicted molar refractivity (Wildman–Crippen MR) is 123 cm³/mol. The summed E-state index contributed by atoms with van der Waals surface area (Å²) in [5.74, 6) is -1.36. The Bertz CT molecular complexity index is 1300. The summed E-state index contributed by atoms with van der Waals surface area (Å²) in [5, 5.41) is 17.3. The van der Waals surface area contributed by atoms with E-state index in [4.69, 9.17) is 11.6 Å². The molecule has 1 aromatic carbocycles. The molecular formula is C22H17ClF3N4O4S-. The van der Waals surface area contributed by atoms with Crippen LogP contribution in [0.1, 0.15) is 41.4 Å². The van der Waals surface area contributed by atoms with Gasteiger partial charge in [0.05, 0.1) is 18.2 Å². The van der Waals surface area contributed by atoms with Crippen LogP contribution in [-0.4, -0.2) is 39.1 Å². The lowest BCUT2D eigenvalue weighted by molar-refractivity contribution is -0.274. The number of ketones is 1. The topological polar surface area (TPSA) is 107 Å². The molecule has 2 aromatic heterocycles. The first kappa shape index (κ1) is 25.0. The van der Waals surface area contributed by atoms with Gasteiger partial charge in [0.2, 0.25) is 5.91 Å². The standard InChI is InChI=1S/C22H17ClF3N4O4S/c1-10-16-8-27-7-13(19(16)20(32)11(2)30(10)33)5-18(31)29-21-28-17(9-35-21)12-3-14(23)6-15(4-12)34-22(24,25)26/h3-4,6-11H,5H2,1-2H3,(H,28,29,31)/q-1. The second-order valence-electron chi connectivity index (χ2n) is 7.83. The Labute approximate surface area is 206 Å². The van der Waals surface area contributed by atoms with E-state index in [1.54, 1.807) is 12.3 Å². The van der Waals surface area contributed by atoms with Crippen molar-refractivity contribution in [3.05, 3.63) is 62.9 Å². The van der Waals surface area contributed by atoms with Gasteiger partial charge in [-0.25, -0.2) is 4.98 Å². The number of rotatable bonds is 5. The van der Waals surface area contributed by atoms with E-state index in [1.165, 1.54) is 25.4 Å². The van der Waals surface area contributed by atoms with E-state index in [2.05, 4.69) is 20.0 Å². The van der Waals surface area contributed by atoms with Crippen molar-refractivity contribution in [1.82, 2.24) is 15.0 Å². The molecule has 0 aliphatic carbocycles. The van der Waals surface area contributed by atoms with Crippen molar-refractivity contribution in [3.63, 3.8) is 0 Å². The van der Waals surface area contributed by atoms with E-state index in [0.29, 0.717) is 21.8 Å². The molecule has 0 spiro atoms. The third-order valence-corrected chi connectivity index (χ3v) is 6.37. The Kier molecular flexibility index (Phi) is 6.82. The molecule has 3 heterocycles. The monoisotopic (exact) mass is 525 g/mol. The highest BCUT2D eigenvalue weighted by Crippen LogP contribution is 2.35. The van der Waals surface area contributed by atoms with Crippen LogP contribution in [0.25, 0.3) is 11.3 Å². The van der Waals surface area contributed by atoms with Crippen LogP contribution in [0.5, 0.6) is 5.75 Å². The highest BCUT2D eigenvalue weighted by atomic mass is 35.5. The lowest BCUT2D eigenvalue weighted by Crippen LogP contribution is -2.42. The number of hydroxylamine groups is 2. The number of hydrogen-bond donors (Lipinski definition) is 1. The molecule has 1 amide bonds. The quantitative estimate of drug-likeness (QED) is 0.476. The fraction of sp³-hybridized carbons (Fsp3) is 0.273. The van der Waals surface area contributed by atoms with Gasteiger partial charge in [-0.2, -0.15) is 0 Å². The molecule has 3 aromatic rings. The van der Waals surface area contributed by atoms with E-state index >= 15 is 0 Å². The van der Waals surface area contributed by atoms with E-state index in [1.807, 2.05) is 0 Å². The van der Waals surface area contributed by atoms with Gasteiger partial charge < -0.3 is 20.3 Å². The predicted octanol–water partition coefficient (Wildman–Crippen LogP) is 5.38. The zero-order chi connectivity index (χ0) is 25.5. The van der Waals surface area contributed by atoms with Crippen LogP contribution >= 0.6 is 22.9 Å². The van der Waals surface area contributed by atoms with Gasteiger partial charge >= 0.3 is 6.36 Å². The molecule has 1 N–H and O–H groups in total. The number of carbonyl (C=O) groups is 2. The zero-order valence-electron chi connectivity index (χ0n) is 18.2. The number of Topliss-reactive ketones (excluding diaryl/α,β-unsaturated/α-hetero) is 1. The van der Waals surface area contributed by atoms with Crippen molar-refractivity contribution in [2.75, 3.05) is 5.32 Å². The Morgan fingerprint density at radius 3 is 2.71 bits per heavy atom. The Hall–Kier alpha value is -3.06. The van der Waals surface area contributed by atoms with E-state index in [0.717, 1.165) is 23.5 Å². The molecule has 0 saturated heterocycles. The normalized spacial score (nSPS) is 18.3. The van der Waals surface area contributed by atoms with Crippen LogP contribution < -0.4 is 10.1 Å². The minimum Gasteiger partial charge on any atom is -0.784 e. The number of alkyl halides is 3. The first-order chi connectivity index (χ1) is 16.4. The maximum Gasteiger partial charge on any atom is 0.573 e. The molecular weight excluding hydrogens is 509 g/mol. The first-order valence-electron chi connectivity index (χ1n) is 10.2. The Morgan fingerprint density at radius 1 is 1.26 bits per heavy atom. The smallest absolute Gasteiger partial charge is 0.573 e. The summed E-state index contributed by atoms with van der Waals surface area (Å²) in [6.45, 7) is 3.18. The minimum atomic E-state index is -4.88. The molecule has 4 rings (SSSR count). The lowest BCUT2D eigenvalue weighted by Gasteiger charge is -2.44. The van der Waals surface area contributed by atoms with E-state index in [9.17, 15) is 28.0 Å². The lowest BCUT2D eigenvalue weighted by atomic mass is 9.87. The van der Waals surface area contributed by atoms with Crippen LogP contribution in [0.4, 0.5) is 18.3 Å². The Balaban J connectivity index is 1.51. The maximum absolute atomic E-state index is 12.7. The zero-order valence-corrected chi connectivity index (χ0v) is 19.8. The summed E-state index contributed by atoms with van der Waals surface area (Å²) < 4.78 is 41.6. The average Bonchev–Trinajstić information content (AvgIpc) is 3.23. The summed E-state index contributed by atoms with van der Waals surface area (Å²) >= 11 is 6.97. The van der Waals surface area contributed by atoms with Crippen LogP contribution in [0.3, 0.4) is 0 Å². The van der Waals surface area contributed by atoms with Gasteiger partial charge in [0, 0.05) is 40.0 Å². The number of amides is 1. The summed E-state index contributed by atoms with van der Waals surface area (Å²) in [4.78, 5) is 33.7. The Morgan fingerprint density at radius 2 is 2.00 bits per heavy atom. The van der Waals surface area contributed by atoms with E-state index < -0.39 is 30.1 Å². The third kappa shape index (κ3) is 5.45. The van der Waals surface area contributed by atoms with Crippen molar-refractivity contribution in [2.45, 2.75) is 38.7 Å². The van der Waals surface area contributed by atoms with Crippen molar-refractivity contribution >= 4 is 39.8 Å². The number of fused-ring (bicyclic) bond motifs is 1. The number of thiazole rings is 1. The largest absolute Gasteiger partial charge is 0.784 e. The van der Waals surface area contributed by atoms with E-state index in [-0.39, 0.29) is 33.6 Å².